The molecule has 1 N–H and O–H groups in total. The van der Waals surface area contributed by atoms with E-state index in [-0.39, 0.29) is 6.61 Å². The molecule has 0 aliphatic heterocycles. The fourth-order valence-electron chi connectivity index (χ4n) is 1.74. The number of amides is 1. The van der Waals surface area contributed by atoms with E-state index >= 15 is 0 Å². The summed E-state index contributed by atoms with van der Waals surface area (Å²) < 4.78 is 6.13. The number of hydrogen-bond donors (Lipinski definition) is 1. The van der Waals surface area contributed by atoms with Crippen LogP contribution in [0.5, 0.6) is 0 Å². The van der Waals surface area contributed by atoms with Crippen LogP contribution in [0.15, 0.2) is 53.0 Å². The van der Waals surface area contributed by atoms with Crippen LogP contribution >= 0.6 is 15.9 Å². The summed E-state index contributed by atoms with van der Waals surface area (Å²) in [5, 5.41) is 2.74. The Bertz CT molecular complexity index is 584. The largest absolute Gasteiger partial charge is 0.445 e. The maximum Gasteiger partial charge on any atom is 0.407 e. The summed E-state index contributed by atoms with van der Waals surface area (Å²) in [5.74, 6) is 0. The molecule has 0 saturated carbocycles. The zero-order chi connectivity index (χ0) is 14.4. The van der Waals surface area contributed by atoms with Crippen LogP contribution in [0.2, 0.25) is 0 Å². The average molecular weight is 334 g/mol. The number of nitrogens with one attached hydrogen (secondary N) is 1. The number of hydrogen-bond acceptors (Lipinski definition) is 2. The molecule has 2 aromatic carbocycles. The third-order valence-electron chi connectivity index (χ3n) is 2.84. The van der Waals surface area contributed by atoms with Gasteiger partial charge in [-0.05, 0) is 29.7 Å². The van der Waals surface area contributed by atoms with Crippen LogP contribution in [0, 0.1) is 6.92 Å². The summed E-state index contributed by atoms with van der Waals surface area (Å²) in [6, 6.07) is 15.6. The van der Waals surface area contributed by atoms with E-state index in [2.05, 4.69) is 21.2 Å². The summed E-state index contributed by atoms with van der Waals surface area (Å²) in [6.07, 6.45) is -0.415. The molecule has 104 valence electrons. The van der Waals surface area contributed by atoms with E-state index in [1.165, 1.54) is 5.56 Å². The lowest BCUT2D eigenvalue weighted by Gasteiger charge is -2.09. The quantitative estimate of drug-likeness (QED) is 0.911. The lowest BCUT2D eigenvalue weighted by molar-refractivity contribution is 0.139. The molecule has 0 aliphatic rings. The van der Waals surface area contributed by atoms with Crippen LogP contribution in [-0.4, -0.2) is 6.09 Å². The van der Waals surface area contributed by atoms with Gasteiger partial charge < -0.3 is 10.1 Å². The first-order valence-corrected chi connectivity index (χ1v) is 7.14. The molecule has 20 heavy (non-hydrogen) atoms. The second-order valence-corrected chi connectivity index (χ2v) is 5.36. The second-order valence-electron chi connectivity index (χ2n) is 4.51. The first kappa shape index (κ1) is 14.6. The van der Waals surface area contributed by atoms with Crippen molar-refractivity contribution in [3.05, 3.63) is 69.7 Å². The van der Waals surface area contributed by atoms with Gasteiger partial charge in [-0.2, -0.15) is 0 Å². The summed E-state index contributed by atoms with van der Waals surface area (Å²) >= 11 is 3.48. The molecule has 0 atom stereocenters. The van der Waals surface area contributed by atoms with Crippen molar-refractivity contribution in [2.75, 3.05) is 0 Å². The Morgan fingerprint density at radius 3 is 2.65 bits per heavy atom. The monoisotopic (exact) mass is 333 g/mol. The number of aryl methyl sites for hydroxylation is 1. The zero-order valence-electron chi connectivity index (χ0n) is 11.2. The van der Waals surface area contributed by atoms with Gasteiger partial charge in [0.15, 0.2) is 0 Å². The minimum absolute atomic E-state index is 0.280. The van der Waals surface area contributed by atoms with Crippen LogP contribution in [0.4, 0.5) is 4.79 Å². The number of carbonyl (C=O) groups excluding carboxylic acids is 1. The molecule has 3 nitrogen and oxygen atoms in total. The molecule has 4 heteroatoms. The fourth-order valence-corrected chi connectivity index (χ4v) is 2.37. The minimum Gasteiger partial charge on any atom is -0.445 e. The van der Waals surface area contributed by atoms with Gasteiger partial charge in [0.1, 0.15) is 6.61 Å². The van der Waals surface area contributed by atoms with Gasteiger partial charge >= 0.3 is 6.09 Å². The standard InChI is InChI=1S/C16H16BrNO2/c1-12-7-8-14(15(17)9-12)10-18-16(19)20-11-13-5-3-2-4-6-13/h2-9H,10-11H2,1H3,(H,18,19). The van der Waals surface area contributed by atoms with E-state index < -0.39 is 6.09 Å². The van der Waals surface area contributed by atoms with Crippen LogP contribution in [0.25, 0.3) is 0 Å². The third-order valence-corrected chi connectivity index (χ3v) is 3.58. The summed E-state index contributed by atoms with van der Waals surface area (Å²) in [7, 11) is 0. The summed E-state index contributed by atoms with van der Waals surface area (Å²) in [5.41, 5.74) is 3.17. The van der Waals surface area contributed by atoms with E-state index in [1.54, 1.807) is 0 Å². The first-order chi connectivity index (χ1) is 9.65. The highest BCUT2D eigenvalue weighted by Gasteiger charge is 2.05. The summed E-state index contributed by atoms with van der Waals surface area (Å²) in [6.45, 7) is 2.74. The lowest BCUT2D eigenvalue weighted by atomic mass is 10.1. The number of halogens is 1. The van der Waals surface area contributed by atoms with Gasteiger partial charge in [-0.3, -0.25) is 0 Å². The summed E-state index contributed by atoms with van der Waals surface area (Å²) in [4.78, 5) is 11.6. The van der Waals surface area contributed by atoms with Crippen LogP contribution in [-0.2, 0) is 17.9 Å². The predicted octanol–water partition coefficient (Wildman–Crippen LogP) is 4.18. The highest BCUT2D eigenvalue weighted by Crippen LogP contribution is 2.18. The van der Waals surface area contributed by atoms with Crippen LogP contribution in [0.1, 0.15) is 16.7 Å². The van der Waals surface area contributed by atoms with Crippen molar-refractivity contribution < 1.29 is 9.53 Å². The van der Waals surface area contributed by atoms with Gasteiger partial charge in [-0.15, -0.1) is 0 Å². The van der Waals surface area contributed by atoms with E-state index in [1.807, 2.05) is 55.5 Å². The molecule has 0 aromatic heterocycles. The number of rotatable bonds is 4. The van der Waals surface area contributed by atoms with Crippen molar-refractivity contribution in [2.24, 2.45) is 0 Å². The molecule has 2 aromatic rings. The van der Waals surface area contributed by atoms with Gasteiger partial charge in [0, 0.05) is 11.0 Å². The van der Waals surface area contributed by atoms with E-state index in [0.717, 1.165) is 15.6 Å². The highest BCUT2D eigenvalue weighted by molar-refractivity contribution is 9.10. The Balaban J connectivity index is 1.80. The Morgan fingerprint density at radius 1 is 1.20 bits per heavy atom. The van der Waals surface area contributed by atoms with Crippen molar-refractivity contribution in [1.82, 2.24) is 5.32 Å². The Morgan fingerprint density at radius 2 is 1.95 bits per heavy atom. The smallest absolute Gasteiger partial charge is 0.407 e. The number of carbonyl (C=O) groups is 1. The van der Waals surface area contributed by atoms with Gasteiger partial charge in [0.25, 0.3) is 0 Å². The van der Waals surface area contributed by atoms with Gasteiger partial charge in [0.2, 0.25) is 0 Å². The lowest BCUT2D eigenvalue weighted by Crippen LogP contribution is -2.23. The van der Waals surface area contributed by atoms with Crippen molar-refractivity contribution in [3.8, 4) is 0 Å². The number of ether oxygens (including phenoxy) is 1. The Labute approximate surface area is 127 Å². The molecular weight excluding hydrogens is 318 g/mol. The second kappa shape index (κ2) is 7.10. The van der Waals surface area contributed by atoms with Crippen LogP contribution in [0.3, 0.4) is 0 Å². The Kier molecular flexibility index (Phi) is 5.18. The maximum absolute atomic E-state index is 11.6. The fraction of sp³-hybridized carbons (Fsp3) is 0.188. The first-order valence-electron chi connectivity index (χ1n) is 6.35. The van der Waals surface area contributed by atoms with Gasteiger partial charge in [-0.1, -0.05) is 58.4 Å². The number of benzene rings is 2. The molecule has 2 rings (SSSR count). The van der Waals surface area contributed by atoms with E-state index in [9.17, 15) is 4.79 Å². The highest BCUT2D eigenvalue weighted by atomic mass is 79.9. The molecule has 0 fully saturated rings. The maximum atomic E-state index is 11.6. The minimum atomic E-state index is -0.415. The average Bonchev–Trinajstić information content (AvgIpc) is 2.45. The molecule has 0 heterocycles. The van der Waals surface area contributed by atoms with Crippen molar-refractivity contribution >= 4 is 22.0 Å². The van der Waals surface area contributed by atoms with Crippen molar-refractivity contribution in [3.63, 3.8) is 0 Å². The van der Waals surface area contributed by atoms with Crippen molar-refractivity contribution in [1.29, 1.82) is 0 Å². The zero-order valence-corrected chi connectivity index (χ0v) is 12.8. The number of alkyl carbamates (subject to hydrolysis) is 1. The van der Waals surface area contributed by atoms with Crippen LogP contribution < -0.4 is 5.32 Å². The molecule has 0 radical (unpaired) electrons. The van der Waals surface area contributed by atoms with Crippen molar-refractivity contribution in [2.45, 2.75) is 20.1 Å². The van der Waals surface area contributed by atoms with Gasteiger partial charge in [-0.25, -0.2) is 4.79 Å². The molecule has 0 saturated heterocycles. The molecule has 0 spiro atoms. The topological polar surface area (TPSA) is 38.3 Å². The molecule has 0 aliphatic carbocycles. The molecule has 0 bridgehead atoms. The van der Waals surface area contributed by atoms with Gasteiger partial charge in [0.05, 0.1) is 0 Å². The normalized spacial score (nSPS) is 10.1. The third kappa shape index (κ3) is 4.38. The molecule has 1 amide bonds. The predicted molar refractivity (Wildman–Crippen MR) is 82.3 cm³/mol. The van der Waals surface area contributed by atoms with E-state index in [4.69, 9.17) is 4.74 Å². The Hall–Kier alpha value is -1.81. The molecular formula is C16H16BrNO2. The SMILES string of the molecule is Cc1ccc(CNC(=O)OCc2ccccc2)c(Br)c1. The van der Waals surface area contributed by atoms with E-state index in [0.29, 0.717) is 6.54 Å². The molecule has 0 unspecified atom stereocenters.